The zero-order valence-corrected chi connectivity index (χ0v) is 23.6. The van der Waals surface area contributed by atoms with E-state index in [0.29, 0.717) is 45.7 Å². The lowest BCUT2D eigenvalue weighted by molar-refractivity contribution is -0.156. The lowest BCUT2D eigenvalue weighted by atomic mass is 9.66. The first-order valence-corrected chi connectivity index (χ1v) is 14.7. The van der Waals surface area contributed by atoms with Crippen molar-refractivity contribution in [3.8, 4) is 0 Å². The Morgan fingerprint density at radius 1 is 1.29 bits per heavy atom. The Kier molecular flexibility index (Phi) is 9.27. The van der Waals surface area contributed by atoms with E-state index in [9.17, 15) is 19.5 Å². The molecular weight excluding hydrogens is 506 g/mol. The highest BCUT2D eigenvalue weighted by Crippen LogP contribution is 2.71. The number of hydrogen-bond donors (Lipinski definition) is 1. The third-order valence-corrected chi connectivity index (χ3v) is 10.7. The minimum absolute atomic E-state index is 0.133. The van der Waals surface area contributed by atoms with Crippen LogP contribution in [0.15, 0.2) is 25.3 Å². The molecule has 0 aromatic carbocycles. The van der Waals surface area contributed by atoms with E-state index in [4.69, 9.17) is 9.47 Å². The molecular formula is C28H43N3O6S. The number of hydrogen-bond acceptors (Lipinski definition) is 8. The molecule has 10 heteroatoms. The van der Waals surface area contributed by atoms with Gasteiger partial charge in [-0.1, -0.05) is 12.2 Å². The molecule has 212 valence electrons. The number of ether oxygens (including phenoxy) is 2. The highest BCUT2D eigenvalue weighted by molar-refractivity contribution is 8.02. The largest absolute Gasteiger partial charge is 0.465 e. The minimum Gasteiger partial charge on any atom is -0.465 e. The molecule has 4 rings (SSSR count). The van der Waals surface area contributed by atoms with Crippen molar-refractivity contribution in [2.75, 3.05) is 59.2 Å². The fraction of sp³-hybridized carbons (Fsp3) is 0.750. The molecule has 2 bridgehead atoms. The van der Waals surface area contributed by atoms with Crippen LogP contribution in [0.2, 0.25) is 0 Å². The first kappa shape index (κ1) is 29.1. The van der Waals surface area contributed by atoms with Gasteiger partial charge in [-0.15, -0.1) is 24.9 Å². The number of rotatable bonds is 13. The van der Waals surface area contributed by atoms with E-state index in [1.807, 2.05) is 6.92 Å². The lowest BCUT2D eigenvalue weighted by Gasteiger charge is -2.39. The van der Waals surface area contributed by atoms with Crippen molar-refractivity contribution >= 4 is 29.5 Å². The van der Waals surface area contributed by atoms with E-state index in [1.165, 1.54) is 0 Å². The molecule has 4 fully saturated rings. The Bertz CT molecular complexity index is 926. The number of fused-ring (bicyclic) bond motifs is 1. The molecule has 0 aliphatic carbocycles. The predicted octanol–water partition coefficient (Wildman–Crippen LogP) is 1.70. The molecule has 38 heavy (non-hydrogen) atoms. The summed E-state index contributed by atoms with van der Waals surface area (Å²) in [7, 11) is 0. The summed E-state index contributed by atoms with van der Waals surface area (Å²) in [6.07, 6.45) is 6.33. The second-order valence-corrected chi connectivity index (χ2v) is 13.0. The molecule has 4 heterocycles. The van der Waals surface area contributed by atoms with Crippen LogP contribution in [0.25, 0.3) is 0 Å². The van der Waals surface area contributed by atoms with Gasteiger partial charge in [0, 0.05) is 37.5 Å². The van der Waals surface area contributed by atoms with Crippen LogP contribution in [0.5, 0.6) is 0 Å². The van der Waals surface area contributed by atoms with Crippen molar-refractivity contribution in [3.05, 3.63) is 25.3 Å². The number of esters is 1. The van der Waals surface area contributed by atoms with Crippen LogP contribution in [-0.2, 0) is 23.9 Å². The Hall–Kier alpha value is -1.88. The molecule has 1 N–H and O–H groups in total. The van der Waals surface area contributed by atoms with Crippen molar-refractivity contribution in [1.29, 1.82) is 0 Å². The monoisotopic (exact) mass is 549 g/mol. The van der Waals surface area contributed by atoms with Crippen LogP contribution in [-0.4, -0.2) is 118 Å². The van der Waals surface area contributed by atoms with Crippen LogP contribution in [0.4, 0.5) is 0 Å². The Labute approximate surface area is 230 Å². The maximum Gasteiger partial charge on any atom is 0.311 e. The second-order valence-electron chi connectivity index (χ2n) is 11.1. The second kappa shape index (κ2) is 12.1. The first-order chi connectivity index (χ1) is 18.2. The average Bonchev–Trinajstić information content (AvgIpc) is 3.49. The molecule has 1 spiro atoms. The highest BCUT2D eigenvalue weighted by atomic mass is 32.2. The van der Waals surface area contributed by atoms with Gasteiger partial charge in [0.25, 0.3) is 0 Å². The quantitative estimate of drug-likeness (QED) is 0.211. The van der Waals surface area contributed by atoms with Crippen LogP contribution < -0.4 is 0 Å². The van der Waals surface area contributed by atoms with Gasteiger partial charge in [-0.3, -0.25) is 19.3 Å². The summed E-state index contributed by atoms with van der Waals surface area (Å²) >= 11 is 1.62. The molecule has 2 amide bonds. The number of morpholine rings is 1. The molecule has 4 saturated heterocycles. The van der Waals surface area contributed by atoms with Crippen molar-refractivity contribution < 1.29 is 29.0 Å². The smallest absolute Gasteiger partial charge is 0.311 e. The Morgan fingerprint density at radius 2 is 2.03 bits per heavy atom. The fourth-order valence-corrected chi connectivity index (χ4v) is 9.09. The summed E-state index contributed by atoms with van der Waals surface area (Å²) in [5, 5.41) is 10.1. The van der Waals surface area contributed by atoms with Gasteiger partial charge in [0.1, 0.15) is 6.04 Å². The molecule has 0 radical (unpaired) electrons. The molecule has 9 nitrogen and oxygen atoms in total. The van der Waals surface area contributed by atoms with Gasteiger partial charge < -0.3 is 24.4 Å². The minimum atomic E-state index is -0.753. The number of likely N-dealkylation sites (tertiary alicyclic amines) is 1. The number of amides is 2. The van der Waals surface area contributed by atoms with Gasteiger partial charge in [-0.25, -0.2) is 0 Å². The van der Waals surface area contributed by atoms with Gasteiger partial charge in [-0.05, 0) is 39.5 Å². The Morgan fingerprint density at radius 3 is 2.68 bits per heavy atom. The summed E-state index contributed by atoms with van der Waals surface area (Å²) in [5.74, 6) is -1.98. The highest BCUT2D eigenvalue weighted by Gasteiger charge is 2.78. The van der Waals surface area contributed by atoms with E-state index < -0.39 is 33.4 Å². The number of nitrogens with zero attached hydrogens (tertiary/aromatic N) is 3. The van der Waals surface area contributed by atoms with E-state index in [2.05, 4.69) is 18.1 Å². The van der Waals surface area contributed by atoms with Crippen LogP contribution >= 0.6 is 11.8 Å². The number of aliphatic hydroxyl groups excluding tert-OH is 1. The van der Waals surface area contributed by atoms with Gasteiger partial charge in [-0.2, -0.15) is 0 Å². The van der Waals surface area contributed by atoms with E-state index in [0.717, 1.165) is 25.9 Å². The first-order valence-electron chi connectivity index (χ1n) is 13.8. The van der Waals surface area contributed by atoms with Gasteiger partial charge in [0.2, 0.25) is 11.8 Å². The van der Waals surface area contributed by atoms with E-state index in [-0.39, 0.29) is 31.0 Å². The molecule has 4 aliphatic heterocycles. The van der Waals surface area contributed by atoms with Gasteiger partial charge in [0.05, 0.1) is 49.1 Å². The Balaban J connectivity index is 1.62. The summed E-state index contributed by atoms with van der Waals surface area (Å²) in [5.41, 5.74) is 0. The maximum atomic E-state index is 14.4. The zero-order chi connectivity index (χ0) is 27.5. The zero-order valence-electron chi connectivity index (χ0n) is 22.8. The van der Waals surface area contributed by atoms with Crippen molar-refractivity contribution in [2.24, 2.45) is 11.8 Å². The number of carbonyl (C=O) groups is 3. The summed E-state index contributed by atoms with van der Waals surface area (Å²) in [4.78, 5) is 47.5. The van der Waals surface area contributed by atoms with Crippen LogP contribution in [0, 0.1) is 11.8 Å². The van der Waals surface area contributed by atoms with Crippen molar-refractivity contribution in [1.82, 2.24) is 14.7 Å². The van der Waals surface area contributed by atoms with E-state index in [1.54, 1.807) is 40.6 Å². The molecule has 4 aliphatic rings. The number of thioether (sulfide) groups is 1. The SMILES string of the molecule is C=CCCCOC(=O)[C@@H]1[C@H]2C(=O)N([C@H](C)CO)C(C(=O)N(CC=C)CCN3CCOCC3)C23CC[C@@]1(C)S3. The summed E-state index contributed by atoms with van der Waals surface area (Å²) in [6, 6.07) is -1.30. The van der Waals surface area contributed by atoms with Crippen molar-refractivity contribution in [2.45, 2.75) is 61.1 Å². The normalized spacial score (nSPS) is 33.2. The lowest BCUT2D eigenvalue weighted by Crippen LogP contribution is -2.57. The van der Waals surface area contributed by atoms with Crippen molar-refractivity contribution in [3.63, 3.8) is 0 Å². The third-order valence-electron chi connectivity index (χ3n) is 8.69. The summed E-state index contributed by atoms with van der Waals surface area (Å²) < 4.78 is 9.92. The third kappa shape index (κ3) is 5.17. The maximum absolute atomic E-state index is 14.4. The van der Waals surface area contributed by atoms with Crippen LogP contribution in [0.3, 0.4) is 0 Å². The number of unbranched alkanes of at least 4 members (excludes halogenated alkanes) is 1. The van der Waals surface area contributed by atoms with Gasteiger partial charge >= 0.3 is 5.97 Å². The topological polar surface area (TPSA) is 99.6 Å². The molecule has 0 aromatic rings. The molecule has 6 atom stereocenters. The van der Waals surface area contributed by atoms with Crippen LogP contribution in [0.1, 0.15) is 39.5 Å². The predicted molar refractivity (Wildman–Crippen MR) is 147 cm³/mol. The fourth-order valence-electron chi connectivity index (χ4n) is 6.76. The number of carbonyl (C=O) groups excluding carboxylic acids is 3. The average molecular weight is 550 g/mol. The standard InChI is InChI=1S/C28H43N3O6S/c1-5-7-8-16-37-26(35)22-21-24(33)31(20(3)19-32)23(28(21)10-9-27(22,4)38-28)25(34)30(11-6-2)13-12-29-14-17-36-18-15-29/h5-6,20-23,32H,1-2,7-19H2,3-4H3/t20-,21+,22+,23?,27-,28?/m1/s1. The molecule has 0 saturated carbocycles. The molecule has 2 unspecified atom stereocenters. The van der Waals surface area contributed by atoms with E-state index >= 15 is 0 Å². The number of allylic oxidation sites excluding steroid dienone is 1. The number of aliphatic hydroxyl groups is 1. The van der Waals surface area contributed by atoms with Gasteiger partial charge in [0.15, 0.2) is 0 Å². The summed E-state index contributed by atoms with van der Waals surface area (Å²) in [6.45, 7) is 16.0. The molecule has 0 aromatic heterocycles.